The van der Waals surface area contributed by atoms with Gasteiger partial charge in [-0.25, -0.2) is 9.59 Å². The molecule has 0 unspecified atom stereocenters. The molecule has 246 valence electrons. The fraction of sp³-hybridized carbons (Fsp3) is 0.636. The van der Waals surface area contributed by atoms with Gasteiger partial charge in [-0.15, -0.1) is 0 Å². The number of amides is 4. The lowest BCUT2D eigenvalue weighted by Crippen LogP contribution is -2.54. The summed E-state index contributed by atoms with van der Waals surface area (Å²) in [5.41, 5.74) is 0.769. The second-order valence-electron chi connectivity index (χ2n) is 13.1. The summed E-state index contributed by atoms with van der Waals surface area (Å²) in [5.74, 6) is -0.304. The van der Waals surface area contributed by atoms with Crippen LogP contribution in [0.25, 0.3) is 10.9 Å². The fourth-order valence-corrected chi connectivity index (χ4v) is 7.35. The Balaban J connectivity index is 1.15. The van der Waals surface area contributed by atoms with E-state index in [0.29, 0.717) is 38.3 Å². The van der Waals surface area contributed by atoms with E-state index in [4.69, 9.17) is 4.74 Å². The number of hydrogen-bond acceptors (Lipinski definition) is 7. The van der Waals surface area contributed by atoms with Crippen molar-refractivity contribution in [1.29, 1.82) is 0 Å². The largest absolute Gasteiger partial charge is 0.453 e. The first-order valence-corrected chi connectivity index (χ1v) is 16.3. The molecule has 3 atom stereocenters. The number of piperidine rings is 1. The van der Waals surface area contributed by atoms with Crippen molar-refractivity contribution in [2.75, 3.05) is 73.6 Å². The molecule has 3 aliphatic rings. The number of carbonyl (C=O) groups excluding carboxylic acids is 3. The van der Waals surface area contributed by atoms with Crippen molar-refractivity contribution < 1.29 is 19.1 Å². The molecule has 5 rings (SSSR count). The molecule has 12 nitrogen and oxygen atoms in total. The molecule has 2 aromatic rings. The summed E-state index contributed by atoms with van der Waals surface area (Å²) in [6, 6.07) is 10.0. The van der Waals surface area contributed by atoms with E-state index >= 15 is 0 Å². The van der Waals surface area contributed by atoms with Crippen LogP contribution in [-0.2, 0) is 4.74 Å². The Bertz CT molecular complexity index is 1420. The van der Waals surface area contributed by atoms with Gasteiger partial charge in [-0.05, 0) is 57.0 Å². The summed E-state index contributed by atoms with van der Waals surface area (Å²) in [6.45, 7) is 9.45. The van der Waals surface area contributed by atoms with E-state index in [1.165, 1.54) is 7.11 Å². The highest BCUT2D eigenvalue weighted by Crippen LogP contribution is 2.35. The number of ether oxygens (including phenoxy) is 1. The third kappa shape index (κ3) is 7.27. The Morgan fingerprint density at radius 2 is 1.62 bits per heavy atom. The summed E-state index contributed by atoms with van der Waals surface area (Å²) in [6.07, 6.45) is 3.43. The van der Waals surface area contributed by atoms with Crippen LogP contribution in [0.1, 0.15) is 55.9 Å². The number of nitrogens with zero attached hydrogens (tertiary/aromatic N) is 6. The van der Waals surface area contributed by atoms with Crippen LogP contribution in [0.15, 0.2) is 35.1 Å². The minimum Gasteiger partial charge on any atom is -0.453 e. The third-order valence-corrected chi connectivity index (χ3v) is 9.70. The molecule has 45 heavy (non-hydrogen) atoms. The second kappa shape index (κ2) is 14.2. The number of carbonyl (C=O) groups is 3. The standard InChI is InChI=1S/C33H49N7O5/c1-23(2)40-29-9-7-6-8-24(29)20-28(31(40)42)30(41)34-25-21-26-10-11-27(22-25)39(26)19-18-38(33(44)45-5)17-14-36-12-15-37(16-13-36)32(43)35(3)4/h6-9,20,23,25-27H,10-19,21-22H2,1-5H3,(H,34,41)/t25-,26+,27-. The minimum atomic E-state index is -0.326. The van der Waals surface area contributed by atoms with Crippen molar-refractivity contribution in [1.82, 2.24) is 34.4 Å². The molecule has 3 aliphatic heterocycles. The highest BCUT2D eigenvalue weighted by Gasteiger charge is 2.41. The number of methoxy groups -OCH3 is 1. The van der Waals surface area contributed by atoms with Crippen molar-refractivity contribution in [3.63, 3.8) is 0 Å². The van der Waals surface area contributed by atoms with Gasteiger partial charge in [0.25, 0.3) is 11.5 Å². The summed E-state index contributed by atoms with van der Waals surface area (Å²) in [7, 11) is 4.96. The number of rotatable bonds is 9. The SMILES string of the molecule is COC(=O)N(CCN1CCN(C(=O)N(C)C)CC1)CCN1[C@@H]2CC[C@H]1C[C@@H](NC(=O)c1cc3ccccc3n(C(C)C)c1=O)C2. The predicted molar refractivity (Wildman–Crippen MR) is 174 cm³/mol. The van der Waals surface area contributed by atoms with E-state index in [2.05, 4.69) is 15.1 Å². The Hall–Kier alpha value is -3.64. The van der Waals surface area contributed by atoms with Gasteiger partial charge in [0.05, 0.1) is 12.6 Å². The summed E-state index contributed by atoms with van der Waals surface area (Å²) >= 11 is 0. The van der Waals surface area contributed by atoms with E-state index in [1.807, 2.05) is 43.0 Å². The van der Waals surface area contributed by atoms with E-state index in [0.717, 1.165) is 62.8 Å². The lowest BCUT2D eigenvalue weighted by atomic mass is 9.96. The molecule has 0 aliphatic carbocycles. The Labute approximate surface area is 265 Å². The number of fused-ring (bicyclic) bond motifs is 3. The molecule has 3 fully saturated rings. The Morgan fingerprint density at radius 3 is 2.24 bits per heavy atom. The van der Waals surface area contributed by atoms with Crippen LogP contribution < -0.4 is 10.9 Å². The van der Waals surface area contributed by atoms with Gasteiger partial charge in [0, 0.05) is 90.6 Å². The van der Waals surface area contributed by atoms with Crippen LogP contribution in [0.3, 0.4) is 0 Å². The van der Waals surface area contributed by atoms with E-state index in [1.54, 1.807) is 34.5 Å². The van der Waals surface area contributed by atoms with Gasteiger partial charge in [0.2, 0.25) is 0 Å². The van der Waals surface area contributed by atoms with Gasteiger partial charge in [-0.1, -0.05) is 18.2 Å². The molecule has 0 radical (unpaired) electrons. The maximum Gasteiger partial charge on any atom is 0.409 e. The van der Waals surface area contributed by atoms with Crippen LogP contribution in [0.5, 0.6) is 0 Å². The van der Waals surface area contributed by atoms with Crippen molar-refractivity contribution in [2.45, 2.75) is 63.7 Å². The molecule has 1 aromatic carbocycles. The van der Waals surface area contributed by atoms with Gasteiger partial charge in [-0.3, -0.25) is 19.4 Å². The first kappa shape index (κ1) is 32.7. The summed E-state index contributed by atoms with van der Waals surface area (Å²) < 4.78 is 6.82. The number of hydrogen-bond donors (Lipinski definition) is 1. The van der Waals surface area contributed by atoms with Crippen molar-refractivity contribution in [3.05, 3.63) is 46.2 Å². The van der Waals surface area contributed by atoms with Gasteiger partial charge in [0.15, 0.2) is 0 Å². The monoisotopic (exact) mass is 623 g/mol. The van der Waals surface area contributed by atoms with E-state index in [9.17, 15) is 19.2 Å². The summed E-state index contributed by atoms with van der Waals surface area (Å²) in [5, 5.41) is 4.07. The minimum absolute atomic E-state index is 0.000579. The molecule has 0 spiro atoms. The maximum absolute atomic E-state index is 13.5. The van der Waals surface area contributed by atoms with Crippen LogP contribution in [0.2, 0.25) is 0 Å². The smallest absolute Gasteiger partial charge is 0.409 e. The predicted octanol–water partition coefficient (Wildman–Crippen LogP) is 2.68. The van der Waals surface area contributed by atoms with Crippen LogP contribution in [0, 0.1) is 0 Å². The van der Waals surface area contributed by atoms with Crippen LogP contribution in [-0.4, -0.2) is 139 Å². The molecular formula is C33H49N7O5. The Kier molecular flexibility index (Phi) is 10.3. The number of pyridine rings is 1. The number of para-hydroxylation sites is 1. The van der Waals surface area contributed by atoms with Gasteiger partial charge in [-0.2, -0.15) is 0 Å². The highest BCUT2D eigenvalue weighted by atomic mass is 16.5. The molecule has 4 heterocycles. The zero-order valence-electron chi connectivity index (χ0n) is 27.4. The molecule has 12 heteroatoms. The topological polar surface area (TPSA) is 111 Å². The molecular weight excluding hydrogens is 574 g/mol. The van der Waals surface area contributed by atoms with Gasteiger partial charge < -0.3 is 29.3 Å². The van der Waals surface area contributed by atoms with Gasteiger partial charge in [0.1, 0.15) is 5.56 Å². The number of nitrogens with one attached hydrogen (secondary N) is 1. The summed E-state index contributed by atoms with van der Waals surface area (Å²) in [4.78, 5) is 61.8. The lowest BCUT2D eigenvalue weighted by molar-refractivity contribution is 0.0732. The Morgan fingerprint density at radius 1 is 0.978 bits per heavy atom. The quantitative estimate of drug-likeness (QED) is 0.458. The fourth-order valence-electron chi connectivity index (χ4n) is 7.35. The molecule has 1 aromatic heterocycles. The number of benzene rings is 1. The molecule has 2 bridgehead atoms. The molecule has 3 saturated heterocycles. The zero-order valence-corrected chi connectivity index (χ0v) is 27.4. The first-order valence-electron chi connectivity index (χ1n) is 16.3. The maximum atomic E-state index is 13.5. The third-order valence-electron chi connectivity index (χ3n) is 9.70. The van der Waals surface area contributed by atoms with E-state index in [-0.39, 0.29) is 41.2 Å². The first-order chi connectivity index (χ1) is 21.6. The van der Waals surface area contributed by atoms with Crippen LogP contribution >= 0.6 is 0 Å². The van der Waals surface area contributed by atoms with Gasteiger partial charge >= 0.3 is 12.1 Å². The number of piperazine rings is 1. The zero-order chi connectivity index (χ0) is 32.2. The number of aromatic nitrogens is 1. The lowest BCUT2D eigenvalue weighted by Gasteiger charge is -2.40. The van der Waals surface area contributed by atoms with Crippen molar-refractivity contribution in [2.24, 2.45) is 0 Å². The molecule has 0 saturated carbocycles. The van der Waals surface area contributed by atoms with Crippen LogP contribution in [0.4, 0.5) is 9.59 Å². The van der Waals surface area contributed by atoms with Crippen molar-refractivity contribution in [3.8, 4) is 0 Å². The normalized spacial score (nSPS) is 22.1. The number of urea groups is 1. The molecule has 1 N–H and O–H groups in total. The molecule has 4 amide bonds. The average molecular weight is 624 g/mol. The average Bonchev–Trinajstić information content (AvgIpc) is 3.26. The van der Waals surface area contributed by atoms with E-state index < -0.39 is 0 Å². The van der Waals surface area contributed by atoms with Crippen molar-refractivity contribution >= 4 is 28.9 Å². The second-order valence-corrected chi connectivity index (χ2v) is 13.1. The highest BCUT2D eigenvalue weighted by molar-refractivity contribution is 5.97.